The van der Waals surface area contributed by atoms with E-state index in [9.17, 15) is 14.4 Å². The third-order valence-electron chi connectivity index (χ3n) is 2.85. The largest absolute Gasteiger partial charge is 0.394 e. The monoisotopic (exact) mass is 316 g/mol. The zero-order valence-corrected chi connectivity index (χ0v) is 12.2. The molecule has 0 spiro atoms. The maximum Gasteiger partial charge on any atom is 0.184 e. The van der Waals surface area contributed by atoms with Crippen LogP contribution in [0.5, 0.6) is 0 Å². The summed E-state index contributed by atoms with van der Waals surface area (Å²) in [6.45, 7) is 2.54. The third kappa shape index (κ3) is 5.96. The van der Waals surface area contributed by atoms with Crippen molar-refractivity contribution in [3.05, 3.63) is 23.3 Å². The van der Waals surface area contributed by atoms with Crippen molar-refractivity contribution in [2.75, 3.05) is 6.61 Å². The van der Waals surface area contributed by atoms with E-state index >= 15 is 0 Å². The highest BCUT2D eigenvalue weighted by Crippen LogP contribution is 2.10. The van der Waals surface area contributed by atoms with E-state index < -0.39 is 31.0 Å². The van der Waals surface area contributed by atoms with Crippen molar-refractivity contribution in [1.82, 2.24) is 0 Å². The maximum atomic E-state index is 11.0. The molecule has 5 N–H and O–H groups in total. The molecule has 1 aliphatic rings. The summed E-state index contributed by atoms with van der Waals surface area (Å²) in [5.41, 5.74) is 1.06. The van der Waals surface area contributed by atoms with Gasteiger partial charge in [0.05, 0.1) is 6.61 Å². The Balaban J connectivity index is 0.000000406. The predicted molar refractivity (Wildman–Crippen MR) is 74.7 cm³/mol. The molecular weight excluding hydrogens is 296 g/mol. The van der Waals surface area contributed by atoms with Gasteiger partial charge in [-0.1, -0.05) is 0 Å². The molecule has 0 saturated carbocycles. The lowest BCUT2D eigenvalue weighted by Crippen LogP contribution is -2.46. The molecule has 1 rings (SSSR count). The smallest absolute Gasteiger partial charge is 0.184 e. The molecule has 0 aromatic rings. The number of aldehydes is 1. The fraction of sp³-hybridized carbons (Fsp3) is 0.500. The number of Topliss-reactive ketones (excluding diaryl/α,β-unsaturated/α-hetero) is 1. The lowest BCUT2D eigenvalue weighted by Gasteiger charge is -2.22. The Labute approximate surface area is 127 Å². The van der Waals surface area contributed by atoms with E-state index in [-0.39, 0.29) is 17.9 Å². The normalized spacial score (nSPS) is 20.0. The van der Waals surface area contributed by atoms with Crippen molar-refractivity contribution >= 4 is 17.9 Å². The number of carbonyl (C=O) groups is 3. The van der Waals surface area contributed by atoms with Crippen molar-refractivity contribution in [2.24, 2.45) is 0 Å². The van der Waals surface area contributed by atoms with E-state index in [1.165, 1.54) is 12.2 Å². The minimum atomic E-state index is -1.79. The van der Waals surface area contributed by atoms with Gasteiger partial charge in [-0.25, -0.2) is 0 Å². The average molecular weight is 316 g/mol. The number of hydrogen-bond acceptors (Lipinski definition) is 8. The van der Waals surface area contributed by atoms with Gasteiger partial charge in [-0.3, -0.25) is 9.59 Å². The van der Waals surface area contributed by atoms with Gasteiger partial charge >= 0.3 is 0 Å². The summed E-state index contributed by atoms with van der Waals surface area (Å²) < 4.78 is 0. The summed E-state index contributed by atoms with van der Waals surface area (Å²) in [5, 5.41) is 43.5. The summed E-state index contributed by atoms with van der Waals surface area (Å²) in [7, 11) is 0. The van der Waals surface area contributed by atoms with Crippen molar-refractivity contribution in [1.29, 1.82) is 0 Å². The molecule has 0 radical (unpaired) electrons. The first-order valence-electron chi connectivity index (χ1n) is 6.39. The van der Waals surface area contributed by atoms with Crippen molar-refractivity contribution in [3.8, 4) is 0 Å². The summed E-state index contributed by atoms with van der Waals surface area (Å²) in [4.78, 5) is 31.6. The molecule has 124 valence electrons. The quantitative estimate of drug-likeness (QED) is 0.279. The zero-order chi connectivity index (χ0) is 17.4. The van der Waals surface area contributed by atoms with Gasteiger partial charge in [-0.2, -0.15) is 0 Å². The number of aliphatic hydroxyl groups excluding tert-OH is 5. The molecular formula is C14H20O8. The van der Waals surface area contributed by atoms with Crippen LogP contribution >= 0.6 is 0 Å². The Bertz CT molecular complexity index is 455. The second kappa shape index (κ2) is 9.34. The standard InChI is InChI=1S/C8H8O2.C6H12O6/c1-5-3-7(9)4-6(2)8(5)10;7-1-3(9)5(11)6(12)4(10)2-8/h3-4H,1-2H3;1,3-6,8-12H,2H2/t;3-,4+,5+,6+/m.0/s1. The number of hydrogen-bond donors (Lipinski definition) is 5. The van der Waals surface area contributed by atoms with E-state index in [2.05, 4.69) is 0 Å². The molecule has 0 heterocycles. The molecule has 0 amide bonds. The van der Waals surface area contributed by atoms with Crippen LogP contribution in [0.2, 0.25) is 0 Å². The van der Waals surface area contributed by atoms with Crippen LogP contribution in [-0.2, 0) is 14.4 Å². The van der Waals surface area contributed by atoms with Gasteiger partial charge in [0.15, 0.2) is 17.9 Å². The van der Waals surface area contributed by atoms with Gasteiger partial charge in [-0.05, 0) is 26.0 Å². The van der Waals surface area contributed by atoms with E-state index in [1.54, 1.807) is 13.8 Å². The topological polar surface area (TPSA) is 152 Å². The molecule has 4 atom stereocenters. The lowest BCUT2D eigenvalue weighted by molar-refractivity contribution is -0.136. The Hall–Kier alpha value is -1.71. The van der Waals surface area contributed by atoms with Gasteiger partial charge < -0.3 is 30.3 Å². The molecule has 0 aliphatic heterocycles. The second-order valence-electron chi connectivity index (χ2n) is 4.74. The van der Waals surface area contributed by atoms with Crippen LogP contribution in [0.4, 0.5) is 0 Å². The Morgan fingerprint density at radius 3 is 1.82 bits per heavy atom. The Morgan fingerprint density at radius 2 is 1.45 bits per heavy atom. The predicted octanol–water partition coefficient (Wildman–Crippen LogP) is -2.35. The minimum absolute atomic E-state index is 0.0258. The number of carbonyl (C=O) groups excluding carboxylic acids is 3. The van der Waals surface area contributed by atoms with E-state index in [0.29, 0.717) is 11.1 Å². The fourth-order valence-corrected chi connectivity index (χ4v) is 1.53. The summed E-state index contributed by atoms with van der Waals surface area (Å²) >= 11 is 0. The second-order valence-corrected chi connectivity index (χ2v) is 4.74. The molecule has 0 bridgehead atoms. The van der Waals surface area contributed by atoms with Crippen LogP contribution in [0.15, 0.2) is 23.3 Å². The van der Waals surface area contributed by atoms with Crippen molar-refractivity contribution in [3.63, 3.8) is 0 Å². The van der Waals surface area contributed by atoms with Crippen LogP contribution in [0, 0.1) is 0 Å². The van der Waals surface area contributed by atoms with Gasteiger partial charge in [0.2, 0.25) is 0 Å². The summed E-state index contributed by atoms with van der Waals surface area (Å²) in [6.07, 6.45) is -4.13. The third-order valence-corrected chi connectivity index (χ3v) is 2.85. The van der Waals surface area contributed by atoms with Crippen LogP contribution in [0.1, 0.15) is 13.8 Å². The molecule has 1 aliphatic carbocycles. The molecule has 22 heavy (non-hydrogen) atoms. The van der Waals surface area contributed by atoms with Gasteiger partial charge in [0.25, 0.3) is 0 Å². The molecule has 0 aromatic heterocycles. The molecule has 8 heteroatoms. The number of ketones is 2. The zero-order valence-electron chi connectivity index (χ0n) is 12.2. The summed E-state index contributed by atoms with van der Waals surface area (Å²) in [5.74, 6) is -0.116. The summed E-state index contributed by atoms with van der Waals surface area (Å²) in [6, 6.07) is 0. The number of aliphatic hydroxyl groups is 5. The fourth-order valence-electron chi connectivity index (χ4n) is 1.53. The first-order chi connectivity index (χ1) is 10.1. The van der Waals surface area contributed by atoms with Gasteiger partial charge in [-0.15, -0.1) is 0 Å². The van der Waals surface area contributed by atoms with Gasteiger partial charge in [0.1, 0.15) is 24.4 Å². The first kappa shape index (κ1) is 20.3. The SMILES string of the molecule is CC1=CC(=O)C=C(C)C1=O.O=C[C@H](O)[C@@H](O)[C@H](O)[C@H](O)CO. The molecule has 0 aromatic carbocycles. The lowest BCUT2D eigenvalue weighted by atomic mass is 9.99. The van der Waals surface area contributed by atoms with Crippen LogP contribution < -0.4 is 0 Å². The van der Waals surface area contributed by atoms with E-state index in [1.807, 2.05) is 0 Å². The molecule has 0 saturated heterocycles. The Kier molecular flexibility index (Phi) is 8.61. The van der Waals surface area contributed by atoms with Crippen LogP contribution in [-0.4, -0.2) is 74.4 Å². The highest BCUT2D eigenvalue weighted by Gasteiger charge is 2.29. The molecule has 0 fully saturated rings. The van der Waals surface area contributed by atoms with E-state index in [4.69, 9.17) is 25.5 Å². The maximum absolute atomic E-state index is 11.0. The highest BCUT2D eigenvalue weighted by atomic mass is 16.4. The van der Waals surface area contributed by atoms with Gasteiger partial charge in [0, 0.05) is 11.1 Å². The molecule has 0 unspecified atom stereocenters. The average Bonchev–Trinajstić information content (AvgIpc) is 2.49. The number of allylic oxidation sites excluding steroid dienone is 4. The van der Waals surface area contributed by atoms with Crippen molar-refractivity contribution in [2.45, 2.75) is 38.3 Å². The highest BCUT2D eigenvalue weighted by molar-refractivity contribution is 6.19. The van der Waals surface area contributed by atoms with Crippen molar-refractivity contribution < 1.29 is 39.9 Å². The number of rotatable bonds is 5. The molecule has 8 nitrogen and oxygen atoms in total. The Morgan fingerprint density at radius 1 is 1.00 bits per heavy atom. The van der Waals surface area contributed by atoms with Crippen LogP contribution in [0.3, 0.4) is 0 Å². The minimum Gasteiger partial charge on any atom is -0.394 e. The first-order valence-corrected chi connectivity index (χ1v) is 6.39. The van der Waals surface area contributed by atoms with E-state index in [0.717, 1.165) is 0 Å². The van der Waals surface area contributed by atoms with Crippen LogP contribution in [0.25, 0.3) is 0 Å².